The molecule has 3 rings (SSSR count). The van der Waals surface area contributed by atoms with Crippen LogP contribution in [0.4, 0.5) is 0 Å². The second-order valence-electron chi connectivity index (χ2n) is 5.88. The molecule has 3 N–H and O–H groups in total. The van der Waals surface area contributed by atoms with E-state index >= 15 is 0 Å². The van der Waals surface area contributed by atoms with Gasteiger partial charge in [0.1, 0.15) is 0 Å². The summed E-state index contributed by atoms with van der Waals surface area (Å²) >= 11 is 0. The van der Waals surface area contributed by atoms with Crippen molar-refractivity contribution in [1.82, 2.24) is 20.3 Å². The van der Waals surface area contributed by atoms with Gasteiger partial charge in [0.25, 0.3) is 5.91 Å². The van der Waals surface area contributed by atoms with Crippen molar-refractivity contribution in [3.05, 3.63) is 59.9 Å². The smallest absolute Gasteiger partial charge is 0.251 e. The Kier molecular flexibility index (Phi) is 5.42. The Morgan fingerprint density at radius 2 is 2.16 bits per heavy atom. The van der Waals surface area contributed by atoms with E-state index in [1.807, 2.05) is 0 Å². The molecule has 1 fully saturated rings. The Labute approximate surface area is 146 Å². The minimum atomic E-state index is -3.71. The molecule has 7 nitrogen and oxygen atoms in total. The normalized spacial score (nSPS) is 17.4. The molecule has 0 aliphatic carbocycles. The van der Waals surface area contributed by atoms with Gasteiger partial charge in [-0.2, -0.15) is 0 Å². The van der Waals surface area contributed by atoms with Gasteiger partial charge in [-0.25, -0.2) is 13.1 Å². The summed E-state index contributed by atoms with van der Waals surface area (Å²) in [6.45, 7) is 1.74. The number of sulfonamides is 1. The number of benzene rings is 1. The van der Waals surface area contributed by atoms with Crippen LogP contribution in [0, 0.1) is 0 Å². The van der Waals surface area contributed by atoms with Crippen molar-refractivity contribution in [2.75, 3.05) is 13.1 Å². The molecule has 1 aliphatic heterocycles. The summed E-state index contributed by atoms with van der Waals surface area (Å²) in [6.07, 6.45) is 4.10. The van der Waals surface area contributed by atoms with Gasteiger partial charge in [-0.05, 0) is 42.8 Å². The number of hydrogen-bond donors (Lipinski definition) is 3. The van der Waals surface area contributed by atoms with E-state index in [0.29, 0.717) is 5.56 Å². The van der Waals surface area contributed by atoms with E-state index in [2.05, 4.69) is 20.3 Å². The maximum atomic E-state index is 12.5. The van der Waals surface area contributed by atoms with Crippen LogP contribution in [0.25, 0.3) is 0 Å². The second-order valence-corrected chi connectivity index (χ2v) is 7.64. The average Bonchev–Trinajstić information content (AvgIpc) is 3.14. The summed E-state index contributed by atoms with van der Waals surface area (Å²) < 4.78 is 27.4. The summed E-state index contributed by atoms with van der Waals surface area (Å²) in [5.41, 5.74) is 1.09. The predicted octanol–water partition coefficient (Wildman–Crippen LogP) is 0.652. The molecule has 1 unspecified atom stereocenters. The van der Waals surface area contributed by atoms with E-state index in [0.717, 1.165) is 25.1 Å². The first-order valence-corrected chi connectivity index (χ1v) is 9.53. The first kappa shape index (κ1) is 17.5. The van der Waals surface area contributed by atoms with E-state index in [4.69, 9.17) is 0 Å². The third-order valence-electron chi connectivity index (χ3n) is 3.99. The molecule has 0 saturated carbocycles. The molecule has 1 aromatic carbocycles. The molecule has 8 heteroatoms. The number of nitrogens with one attached hydrogen (secondary N) is 3. The van der Waals surface area contributed by atoms with Crippen LogP contribution in [0.2, 0.25) is 0 Å². The van der Waals surface area contributed by atoms with Crippen molar-refractivity contribution in [2.24, 2.45) is 0 Å². The highest BCUT2D eigenvalue weighted by molar-refractivity contribution is 7.89. The van der Waals surface area contributed by atoms with Crippen LogP contribution in [0.1, 0.15) is 22.3 Å². The molecule has 1 saturated heterocycles. The van der Waals surface area contributed by atoms with Gasteiger partial charge in [-0.1, -0.05) is 12.1 Å². The molecule has 132 valence electrons. The van der Waals surface area contributed by atoms with E-state index in [-0.39, 0.29) is 23.4 Å². The van der Waals surface area contributed by atoms with Gasteiger partial charge in [0.15, 0.2) is 0 Å². The molecule has 0 radical (unpaired) electrons. The Morgan fingerprint density at radius 3 is 2.88 bits per heavy atom. The van der Waals surface area contributed by atoms with Crippen molar-refractivity contribution in [2.45, 2.75) is 23.9 Å². The molecule has 0 bridgehead atoms. The highest BCUT2D eigenvalue weighted by atomic mass is 32.2. The van der Waals surface area contributed by atoms with Crippen molar-refractivity contribution in [3.63, 3.8) is 0 Å². The van der Waals surface area contributed by atoms with Gasteiger partial charge in [-0.15, -0.1) is 0 Å². The van der Waals surface area contributed by atoms with E-state index < -0.39 is 10.0 Å². The topological polar surface area (TPSA) is 100 Å². The first-order chi connectivity index (χ1) is 12.0. The lowest BCUT2D eigenvalue weighted by atomic mass is 10.2. The van der Waals surface area contributed by atoms with Crippen LogP contribution in [-0.4, -0.2) is 38.4 Å². The number of carbonyl (C=O) groups excluding carboxylic acids is 1. The van der Waals surface area contributed by atoms with Crippen LogP contribution in [0.3, 0.4) is 0 Å². The number of rotatable bonds is 6. The second kappa shape index (κ2) is 7.73. The SMILES string of the molecule is O=C(NC1CCNC1)c1cccc(S(=O)(=O)NCc2cccnc2)c1. The maximum Gasteiger partial charge on any atom is 0.251 e. The average molecular weight is 360 g/mol. The Bertz CT molecular complexity index is 834. The third kappa shape index (κ3) is 4.62. The molecule has 1 atom stereocenters. The summed E-state index contributed by atoms with van der Waals surface area (Å²) in [7, 11) is -3.71. The number of nitrogens with zero attached hydrogens (tertiary/aromatic N) is 1. The summed E-state index contributed by atoms with van der Waals surface area (Å²) in [6, 6.07) is 9.65. The van der Waals surface area contributed by atoms with Crippen molar-refractivity contribution in [3.8, 4) is 0 Å². The zero-order valence-corrected chi connectivity index (χ0v) is 14.4. The van der Waals surface area contributed by atoms with E-state index in [9.17, 15) is 13.2 Å². The highest BCUT2D eigenvalue weighted by Gasteiger charge is 2.20. The number of pyridine rings is 1. The third-order valence-corrected chi connectivity index (χ3v) is 5.39. The molecular weight excluding hydrogens is 340 g/mol. The Balaban J connectivity index is 1.69. The van der Waals surface area contributed by atoms with Gasteiger partial charge < -0.3 is 10.6 Å². The van der Waals surface area contributed by atoms with Crippen molar-refractivity contribution < 1.29 is 13.2 Å². The molecule has 0 spiro atoms. The molecule has 2 heterocycles. The lowest BCUT2D eigenvalue weighted by Gasteiger charge is -2.12. The lowest BCUT2D eigenvalue weighted by molar-refractivity contribution is 0.0940. The van der Waals surface area contributed by atoms with Gasteiger partial charge in [0.2, 0.25) is 10.0 Å². The Morgan fingerprint density at radius 1 is 1.28 bits per heavy atom. The van der Waals surface area contributed by atoms with Crippen molar-refractivity contribution >= 4 is 15.9 Å². The van der Waals surface area contributed by atoms with E-state index in [1.165, 1.54) is 12.1 Å². The van der Waals surface area contributed by atoms with Gasteiger partial charge in [0, 0.05) is 37.1 Å². The zero-order chi connectivity index (χ0) is 17.7. The number of carbonyl (C=O) groups is 1. The number of amides is 1. The molecule has 25 heavy (non-hydrogen) atoms. The fourth-order valence-corrected chi connectivity index (χ4v) is 3.68. The molecule has 1 amide bonds. The predicted molar refractivity (Wildman–Crippen MR) is 93.4 cm³/mol. The maximum absolute atomic E-state index is 12.5. The quantitative estimate of drug-likeness (QED) is 0.702. The van der Waals surface area contributed by atoms with Gasteiger partial charge in [0.05, 0.1) is 4.90 Å². The Hall–Kier alpha value is -2.29. The fourth-order valence-electron chi connectivity index (χ4n) is 2.62. The van der Waals surface area contributed by atoms with Crippen molar-refractivity contribution in [1.29, 1.82) is 0 Å². The first-order valence-electron chi connectivity index (χ1n) is 8.05. The molecule has 1 aromatic heterocycles. The number of hydrogen-bond acceptors (Lipinski definition) is 5. The fraction of sp³-hybridized carbons (Fsp3) is 0.294. The van der Waals surface area contributed by atoms with Crippen LogP contribution < -0.4 is 15.4 Å². The number of aromatic nitrogens is 1. The summed E-state index contributed by atoms with van der Waals surface area (Å²) in [5, 5.41) is 6.08. The molecule has 2 aromatic rings. The van der Waals surface area contributed by atoms with Crippen LogP contribution in [-0.2, 0) is 16.6 Å². The molecule has 1 aliphatic rings. The molecular formula is C17H20N4O3S. The van der Waals surface area contributed by atoms with Crippen LogP contribution >= 0.6 is 0 Å². The highest BCUT2D eigenvalue weighted by Crippen LogP contribution is 2.13. The van der Waals surface area contributed by atoms with E-state index in [1.54, 1.807) is 36.7 Å². The van der Waals surface area contributed by atoms with Gasteiger partial charge >= 0.3 is 0 Å². The zero-order valence-electron chi connectivity index (χ0n) is 13.6. The minimum Gasteiger partial charge on any atom is -0.348 e. The van der Waals surface area contributed by atoms with Crippen LogP contribution in [0.5, 0.6) is 0 Å². The van der Waals surface area contributed by atoms with Crippen LogP contribution in [0.15, 0.2) is 53.7 Å². The summed E-state index contributed by atoms with van der Waals surface area (Å²) in [5.74, 6) is -0.266. The standard InChI is InChI=1S/C17H20N4O3S/c22-17(21-15-6-8-19-12-15)14-4-1-5-16(9-14)25(23,24)20-11-13-3-2-7-18-10-13/h1-5,7,9-10,15,19-20H,6,8,11-12H2,(H,21,22). The lowest BCUT2D eigenvalue weighted by Crippen LogP contribution is -2.36. The minimum absolute atomic E-state index is 0.0635. The van der Waals surface area contributed by atoms with Gasteiger partial charge in [-0.3, -0.25) is 9.78 Å². The largest absolute Gasteiger partial charge is 0.348 e. The summed E-state index contributed by atoms with van der Waals surface area (Å²) in [4.78, 5) is 16.3. The monoisotopic (exact) mass is 360 g/mol.